The summed E-state index contributed by atoms with van der Waals surface area (Å²) in [5.74, 6) is 0.531. The van der Waals surface area contributed by atoms with Crippen LogP contribution < -0.4 is 5.46 Å². The topological polar surface area (TPSA) is 20.2 Å². The van der Waals surface area contributed by atoms with Crippen molar-refractivity contribution in [3.05, 3.63) is 29.8 Å². The Hall–Kier alpha value is -0.755. The van der Waals surface area contributed by atoms with Crippen molar-refractivity contribution >= 4 is 12.4 Å². The summed E-state index contributed by atoms with van der Waals surface area (Å²) >= 11 is 0. The Labute approximate surface area is 74.5 Å². The van der Waals surface area contributed by atoms with Crippen LogP contribution in [0, 0.1) is 0 Å². The molecule has 0 bridgehead atoms. The molecule has 0 atom stereocenters. The Morgan fingerprint density at radius 2 is 2.00 bits per heavy atom. The molecule has 12 heavy (non-hydrogen) atoms. The van der Waals surface area contributed by atoms with Crippen molar-refractivity contribution in [1.29, 1.82) is 0 Å². The maximum atomic E-state index is 9.33. The fourth-order valence-electron chi connectivity index (χ4n) is 1.18. The van der Waals surface area contributed by atoms with Gasteiger partial charge in [0, 0.05) is 0 Å². The van der Waals surface area contributed by atoms with Gasteiger partial charge in [-0.1, -0.05) is 44.9 Å². The molecule has 0 aliphatic heterocycles. The van der Waals surface area contributed by atoms with E-state index in [1.54, 1.807) is 6.82 Å². The minimum absolute atomic E-state index is 0.358. The summed E-state index contributed by atoms with van der Waals surface area (Å²) in [6.07, 6.45) is 0. The zero-order valence-corrected chi connectivity index (χ0v) is 7.91. The molecule has 0 saturated heterocycles. The van der Waals surface area contributed by atoms with Crippen LogP contribution in [0.25, 0.3) is 0 Å². The van der Waals surface area contributed by atoms with Crippen LogP contribution in [0.5, 0.6) is 0 Å². The third-order valence-corrected chi connectivity index (χ3v) is 2.06. The summed E-state index contributed by atoms with van der Waals surface area (Å²) < 4.78 is 0. The van der Waals surface area contributed by atoms with E-state index in [0.717, 1.165) is 5.46 Å². The Morgan fingerprint density at radius 1 is 1.33 bits per heavy atom. The third kappa shape index (κ3) is 2.11. The molecule has 1 aromatic carbocycles. The predicted octanol–water partition coefficient (Wildman–Crippen LogP) is 1.63. The summed E-state index contributed by atoms with van der Waals surface area (Å²) in [7, 11) is 0. The van der Waals surface area contributed by atoms with Crippen LogP contribution >= 0.6 is 0 Å². The van der Waals surface area contributed by atoms with E-state index in [2.05, 4.69) is 26.0 Å². The highest BCUT2D eigenvalue weighted by atomic mass is 16.2. The lowest BCUT2D eigenvalue weighted by Gasteiger charge is -2.07. The van der Waals surface area contributed by atoms with E-state index in [0.29, 0.717) is 5.92 Å². The van der Waals surface area contributed by atoms with Crippen molar-refractivity contribution < 1.29 is 5.02 Å². The van der Waals surface area contributed by atoms with E-state index in [4.69, 9.17) is 0 Å². The first-order valence-corrected chi connectivity index (χ1v) is 4.39. The third-order valence-electron chi connectivity index (χ3n) is 2.06. The molecular formula is C10H15BO. The van der Waals surface area contributed by atoms with Gasteiger partial charge in [-0.25, -0.2) is 0 Å². The second kappa shape index (κ2) is 3.77. The number of hydrogen-bond acceptors (Lipinski definition) is 1. The van der Waals surface area contributed by atoms with Crippen molar-refractivity contribution in [2.75, 3.05) is 0 Å². The normalized spacial score (nSPS) is 10.4. The van der Waals surface area contributed by atoms with Crippen LogP contribution in [-0.4, -0.2) is 11.9 Å². The molecule has 0 aromatic heterocycles. The maximum Gasteiger partial charge on any atom is 0.320 e. The molecule has 1 N–H and O–H groups in total. The van der Waals surface area contributed by atoms with Gasteiger partial charge >= 0.3 is 6.92 Å². The molecular weight excluding hydrogens is 147 g/mol. The van der Waals surface area contributed by atoms with Gasteiger partial charge in [-0.15, -0.1) is 0 Å². The molecule has 1 aromatic rings. The van der Waals surface area contributed by atoms with Crippen molar-refractivity contribution in [2.45, 2.75) is 26.6 Å². The van der Waals surface area contributed by atoms with Crippen LogP contribution in [0.4, 0.5) is 0 Å². The highest BCUT2D eigenvalue weighted by Gasteiger charge is 2.07. The molecule has 0 spiro atoms. The van der Waals surface area contributed by atoms with E-state index >= 15 is 0 Å². The van der Waals surface area contributed by atoms with Gasteiger partial charge < -0.3 is 5.02 Å². The molecule has 0 amide bonds. The van der Waals surface area contributed by atoms with Gasteiger partial charge in [0.2, 0.25) is 0 Å². The molecule has 0 unspecified atom stereocenters. The zero-order chi connectivity index (χ0) is 9.14. The molecule has 2 heteroatoms. The molecule has 0 aliphatic rings. The zero-order valence-electron chi connectivity index (χ0n) is 7.91. The van der Waals surface area contributed by atoms with E-state index in [-0.39, 0.29) is 6.92 Å². The Bertz CT molecular complexity index is 233. The molecule has 1 nitrogen and oxygen atoms in total. The number of rotatable bonds is 2. The van der Waals surface area contributed by atoms with Gasteiger partial charge in [-0.3, -0.25) is 0 Å². The van der Waals surface area contributed by atoms with Crippen molar-refractivity contribution in [1.82, 2.24) is 0 Å². The standard InChI is InChI=1S/C10H15BO/c1-8(2)9-5-4-6-10(7-9)11(3)12/h4-8,12H,1-3H3. The first kappa shape index (κ1) is 9.33. The van der Waals surface area contributed by atoms with Crippen molar-refractivity contribution in [3.63, 3.8) is 0 Å². The van der Waals surface area contributed by atoms with Gasteiger partial charge in [0.15, 0.2) is 0 Å². The van der Waals surface area contributed by atoms with Crippen LogP contribution in [0.3, 0.4) is 0 Å². The summed E-state index contributed by atoms with van der Waals surface area (Å²) in [6, 6.07) is 8.11. The van der Waals surface area contributed by atoms with Gasteiger partial charge in [0.1, 0.15) is 0 Å². The highest BCUT2D eigenvalue weighted by Crippen LogP contribution is 2.11. The average Bonchev–Trinajstić information content (AvgIpc) is 2.04. The molecule has 0 radical (unpaired) electrons. The predicted molar refractivity (Wildman–Crippen MR) is 54.0 cm³/mol. The van der Waals surface area contributed by atoms with Crippen LogP contribution in [0.15, 0.2) is 24.3 Å². The number of benzene rings is 1. The fourth-order valence-corrected chi connectivity index (χ4v) is 1.18. The maximum absolute atomic E-state index is 9.33. The smallest absolute Gasteiger partial charge is 0.320 e. The van der Waals surface area contributed by atoms with E-state index in [1.807, 2.05) is 12.1 Å². The Morgan fingerprint density at radius 3 is 2.50 bits per heavy atom. The van der Waals surface area contributed by atoms with Gasteiger partial charge in [0.05, 0.1) is 0 Å². The summed E-state index contributed by atoms with van der Waals surface area (Å²) in [5.41, 5.74) is 2.29. The molecule has 0 aliphatic carbocycles. The summed E-state index contributed by atoms with van der Waals surface area (Å²) in [6.45, 7) is 5.74. The first-order valence-electron chi connectivity index (χ1n) is 4.39. The fraction of sp³-hybridized carbons (Fsp3) is 0.400. The molecule has 64 valence electrons. The minimum atomic E-state index is -0.358. The molecule has 0 heterocycles. The summed E-state index contributed by atoms with van der Waals surface area (Å²) in [4.78, 5) is 0. The Balaban J connectivity index is 2.96. The Kier molecular flexibility index (Phi) is 2.93. The molecule has 1 rings (SSSR count). The van der Waals surface area contributed by atoms with Crippen molar-refractivity contribution in [3.8, 4) is 0 Å². The lowest BCUT2D eigenvalue weighted by atomic mass is 9.64. The summed E-state index contributed by atoms with van der Waals surface area (Å²) in [5, 5.41) is 9.33. The second-order valence-electron chi connectivity index (χ2n) is 3.50. The van der Waals surface area contributed by atoms with E-state index in [1.165, 1.54) is 5.56 Å². The molecule has 0 saturated carbocycles. The monoisotopic (exact) mass is 162 g/mol. The largest absolute Gasteiger partial charge is 0.447 e. The molecule has 0 fully saturated rings. The van der Waals surface area contributed by atoms with E-state index < -0.39 is 0 Å². The van der Waals surface area contributed by atoms with Crippen molar-refractivity contribution in [2.24, 2.45) is 0 Å². The van der Waals surface area contributed by atoms with Gasteiger partial charge in [0.25, 0.3) is 0 Å². The van der Waals surface area contributed by atoms with Crippen LogP contribution in [0.2, 0.25) is 6.82 Å². The van der Waals surface area contributed by atoms with Crippen LogP contribution in [-0.2, 0) is 0 Å². The highest BCUT2D eigenvalue weighted by molar-refractivity contribution is 6.64. The SMILES string of the molecule is CB(O)c1cccc(C(C)C)c1. The van der Waals surface area contributed by atoms with Crippen LogP contribution in [0.1, 0.15) is 25.3 Å². The average molecular weight is 162 g/mol. The van der Waals surface area contributed by atoms with Gasteiger partial charge in [-0.05, 0) is 16.9 Å². The van der Waals surface area contributed by atoms with Gasteiger partial charge in [-0.2, -0.15) is 0 Å². The second-order valence-corrected chi connectivity index (χ2v) is 3.50. The lowest BCUT2D eigenvalue weighted by Crippen LogP contribution is -2.26. The first-order chi connectivity index (χ1) is 5.61. The lowest BCUT2D eigenvalue weighted by molar-refractivity contribution is 0.594. The quantitative estimate of drug-likeness (QED) is 0.655. The number of hydrogen-bond donors (Lipinski definition) is 1. The minimum Gasteiger partial charge on any atom is -0.447 e. The van der Waals surface area contributed by atoms with E-state index in [9.17, 15) is 5.02 Å².